The zero-order valence-corrected chi connectivity index (χ0v) is 19.6. The van der Waals surface area contributed by atoms with Crippen molar-refractivity contribution in [2.45, 2.75) is 40.7 Å². The van der Waals surface area contributed by atoms with E-state index in [1.807, 2.05) is 44.2 Å². The van der Waals surface area contributed by atoms with E-state index in [9.17, 15) is 14.2 Å². The lowest BCUT2D eigenvalue weighted by atomic mass is 9.99. The van der Waals surface area contributed by atoms with Gasteiger partial charge in [-0.25, -0.2) is 0 Å². The molecule has 9 nitrogen and oxygen atoms in total. The summed E-state index contributed by atoms with van der Waals surface area (Å²) < 4.78 is 24.0. The third kappa shape index (κ3) is 14.4. The predicted molar refractivity (Wildman–Crippen MR) is 119 cm³/mol. The number of carbonyl (C=O) groups excluding carboxylic acids is 2. The van der Waals surface area contributed by atoms with Crippen molar-refractivity contribution in [3.63, 3.8) is 0 Å². The Morgan fingerprint density at radius 2 is 1.77 bits per heavy atom. The summed E-state index contributed by atoms with van der Waals surface area (Å²) in [6.07, 6.45) is 0.407. The number of carbonyl (C=O) groups is 3. The molecule has 0 spiro atoms. The van der Waals surface area contributed by atoms with Crippen molar-refractivity contribution in [3.8, 4) is 0 Å². The Labute approximate surface area is 184 Å². The van der Waals surface area contributed by atoms with Crippen LogP contribution in [0.3, 0.4) is 0 Å². The number of carboxylic acid groups (broad SMARTS) is 1. The number of rotatable bonds is 12. The maximum atomic E-state index is 13.1. The highest BCUT2D eigenvalue weighted by Crippen LogP contribution is 2.48. The van der Waals surface area contributed by atoms with E-state index in [1.165, 1.54) is 0 Å². The van der Waals surface area contributed by atoms with Crippen LogP contribution in [0.2, 0.25) is 0 Å². The first-order valence-electron chi connectivity index (χ1n) is 10.1. The van der Waals surface area contributed by atoms with Gasteiger partial charge in [-0.3, -0.25) is 18.9 Å². The molecule has 31 heavy (non-hydrogen) atoms. The molecule has 1 rings (SSSR count). The number of esters is 1. The van der Waals surface area contributed by atoms with Crippen LogP contribution < -0.4 is 11.1 Å². The van der Waals surface area contributed by atoms with Gasteiger partial charge >= 0.3 is 5.97 Å². The topological polar surface area (TPSA) is 145 Å². The van der Waals surface area contributed by atoms with Gasteiger partial charge in [0.05, 0.1) is 25.4 Å². The monoisotopic (exact) mass is 458 g/mol. The van der Waals surface area contributed by atoms with Crippen LogP contribution in [0.15, 0.2) is 30.3 Å². The van der Waals surface area contributed by atoms with Gasteiger partial charge in [-0.15, -0.1) is 0 Å². The highest BCUT2D eigenvalue weighted by Gasteiger charge is 2.33. The number of benzene rings is 1. The molecule has 1 aromatic carbocycles. The number of ether oxygens (including phenoxy) is 1. The smallest absolute Gasteiger partial charge is 0.309 e. The minimum atomic E-state index is -3.24. The molecule has 0 saturated carbocycles. The summed E-state index contributed by atoms with van der Waals surface area (Å²) >= 11 is 0. The van der Waals surface area contributed by atoms with Crippen molar-refractivity contribution in [1.82, 2.24) is 5.32 Å². The molecular formula is C21H35N2O7P. The first-order valence-corrected chi connectivity index (χ1v) is 12.1. The summed E-state index contributed by atoms with van der Waals surface area (Å²) in [6.45, 7) is 6.97. The number of carboxylic acids is 1. The van der Waals surface area contributed by atoms with Crippen molar-refractivity contribution in [1.29, 1.82) is 0 Å². The Balaban J connectivity index is 0.00000206. The molecule has 0 heterocycles. The minimum Gasteiger partial charge on any atom is -0.481 e. The fourth-order valence-electron chi connectivity index (χ4n) is 2.68. The van der Waals surface area contributed by atoms with Gasteiger partial charge in [-0.05, 0) is 24.8 Å². The van der Waals surface area contributed by atoms with Gasteiger partial charge < -0.3 is 25.4 Å². The molecule has 1 aromatic rings. The SMILES string of the molecule is CC(=O)O.CCOP(=O)(CNC(=O)CN)CC(CC(C)C)C(=O)OCc1ccccc1. The second-order valence-corrected chi connectivity index (χ2v) is 9.88. The molecule has 0 saturated heterocycles. The molecule has 0 aliphatic rings. The second kappa shape index (κ2) is 15.6. The number of aliphatic carboxylic acids is 1. The lowest BCUT2D eigenvalue weighted by Crippen LogP contribution is -2.33. The maximum Gasteiger partial charge on any atom is 0.309 e. The van der Waals surface area contributed by atoms with Crippen molar-refractivity contribution in [2.75, 3.05) is 25.6 Å². The first kappa shape index (κ1) is 28.8. The Bertz CT molecular complexity index is 722. The fourth-order valence-corrected chi connectivity index (χ4v) is 4.86. The fraction of sp³-hybridized carbons (Fsp3) is 0.571. The number of nitrogens with two attached hydrogens (primary N) is 1. The molecule has 0 aliphatic carbocycles. The van der Waals surface area contributed by atoms with Crippen LogP contribution in [-0.4, -0.2) is 48.6 Å². The molecule has 1 amide bonds. The molecule has 10 heteroatoms. The number of hydrogen-bond acceptors (Lipinski definition) is 7. The van der Waals surface area contributed by atoms with E-state index in [0.717, 1.165) is 12.5 Å². The van der Waals surface area contributed by atoms with Crippen LogP contribution >= 0.6 is 7.37 Å². The molecule has 0 bridgehead atoms. The molecule has 0 fully saturated rings. The Hall–Kier alpha value is -2.22. The van der Waals surface area contributed by atoms with Gasteiger partial charge in [0.25, 0.3) is 5.97 Å². The summed E-state index contributed by atoms with van der Waals surface area (Å²) in [6, 6.07) is 9.38. The zero-order chi connectivity index (χ0) is 23.9. The lowest BCUT2D eigenvalue weighted by molar-refractivity contribution is -0.149. The third-order valence-electron chi connectivity index (χ3n) is 3.88. The highest BCUT2D eigenvalue weighted by molar-refractivity contribution is 7.59. The largest absolute Gasteiger partial charge is 0.481 e. The van der Waals surface area contributed by atoms with E-state index < -0.39 is 31.1 Å². The quantitative estimate of drug-likeness (QED) is 0.320. The summed E-state index contributed by atoms with van der Waals surface area (Å²) in [7, 11) is -3.24. The van der Waals surface area contributed by atoms with Crippen molar-refractivity contribution in [3.05, 3.63) is 35.9 Å². The molecule has 0 aromatic heterocycles. The minimum absolute atomic E-state index is 0.0253. The highest BCUT2D eigenvalue weighted by atomic mass is 31.2. The molecule has 2 atom stereocenters. The van der Waals surface area contributed by atoms with Crippen LogP contribution in [0.4, 0.5) is 0 Å². The third-order valence-corrected chi connectivity index (χ3v) is 6.24. The van der Waals surface area contributed by atoms with Crippen molar-refractivity contribution >= 4 is 25.2 Å². The summed E-state index contributed by atoms with van der Waals surface area (Å²) in [5, 5.41) is 9.93. The van der Waals surface area contributed by atoms with Gasteiger partial charge in [0.2, 0.25) is 13.3 Å². The van der Waals surface area contributed by atoms with Gasteiger partial charge in [0, 0.05) is 13.1 Å². The Morgan fingerprint density at radius 3 is 2.26 bits per heavy atom. The van der Waals surface area contributed by atoms with Crippen molar-refractivity contribution in [2.24, 2.45) is 17.6 Å². The van der Waals surface area contributed by atoms with Gasteiger partial charge in [0.1, 0.15) is 6.61 Å². The van der Waals surface area contributed by atoms with Crippen LogP contribution in [-0.2, 0) is 34.8 Å². The van der Waals surface area contributed by atoms with E-state index in [0.29, 0.717) is 6.42 Å². The average Bonchev–Trinajstić information content (AvgIpc) is 2.70. The van der Waals surface area contributed by atoms with Gasteiger partial charge in [-0.1, -0.05) is 44.2 Å². The summed E-state index contributed by atoms with van der Waals surface area (Å²) in [4.78, 5) is 33.0. The Kier molecular flexibility index (Phi) is 14.4. The van der Waals surface area contributed by atoms with Gasteiger partial charge in [-0.2, -0.15) is 0 Å². The van der Waals surface area contributed by atoms with E-state index in [-0.39, 0.29) is 38.1 Å². The number of amides is 1. The van der Waals surface area contributed by atoms with Crippen molar-refractivity contribution < 1.29 is 33.3 Å². The lowest BCUT2D eigenvalue weighted by Gasteiger charge is -2.24. The standard InChI is InChI=1S/C19H31N2O5P.C2H4O2/c1-4-26-27(24,14-21-18(22)11-20)13-17(10-15(2)3)19(23)25-12-16-8-6-5-7-9-16;1-2(3)4/h5-9,15,17H,4,10-14,20H2,1-3H3,(H,21,22);1H3,(H,3,4). The molecule has 2 unspecified atom stereocenters. The number of nitrogens with one attached hydrogen (secondary N) is 1. The average molecular weight is 458 g/mol. The second-order valence-electron chi connectivity index (χ2n) is 7.32. The number of hydrogen-bond donors (Lipinski definition) is 3. The maximum absolute atomic E-state index is 13.1. The van der Waals surface area contributed by atoms with Crippen LogP contribution in [0.1, 0.15) is 39.7 Å². The Morgan fingerprint density at radius 1 is 1.19 bits per heavy atom. The van der Waals surface area contributed by atoms with E-state index >= 15 is 0 Å². The molecule has 4 N–H and O–H groups in total. The zero-order valence-electron chi connectivity index (χ0n) is 18.7. The molecule has 0 aliphatic heterocycles. The normalized spacial score (nSPS) is 13.4. The predicted octanol–water partition coefficient (Wildman–Crippen LogP) is 2.83. The molecular weight excluding hydrogens is 423 g/mol. The first-order chi connectivity index (χ1) is 14.5. The summed E-state index contributed by atoms with van der Waals surface area (Å²) in [5.74, 6) is -2.01. The molecule has 176 valence electrons. The van der Waals surface area contributed by atoms with Crippen LogP contribution in [0, 0.1) is 11.8 Å². The summed E-state index contributed by atoms with van der Waals surface area (Å²) in [5.41, 5.74) is 6.16. The van der Waals surface area contributed by atoms with E-state index in [2.05, 4.69) is 5.32 Å². The van der Waals surface area contributed by atoms with Gasteiger partial charge in [0.15, 0.2) is 0 Å². The van der Waals surface area contributed by atoms with E-state index in [1.54, 1.807) is 6.92 Å². The van der Waals surface area contributed by atoms with E-state index in [4.69, 9.17) is 24.9 Å². The molecule has 0 radical (unpaired) electrons. The van der Waals surface area contributed by atoms with Crippen LogP contribution in [0.5, 0.6) is 0 Å². The van der Waals surface area contributed by atoms with Crippen LogP contribution in [0.25, 0.3) is 0 Å².